The molecular weight excluding hydrogens is 206 g/mol. The van der Waals surface area contributed by atoms with Gasteiger partial charge in [0.25, 0.3) is 0 Å². The first kappa shape index (κ1) is 10.5. The number of carboxylic acids is 1. The molecule has 1 unspecified atom stereocenters. The molecule has 2 rings (SSSR count). The van der Waals surface area contributed by atoms with Crippen LogP contribution in [0.4, 0.5) is 5.69 Å². The molecule has 1 aliphatic rings. The molecule has 4 nitrogen and oxygen atoms in total. The van der Waals surface area contributed by atoms with E-state index < -0.39 is 11.6 Å². The van der Waals surface area contributed by atoms with Gasteiger partial charge in [-0.3, -0.25) is 0 Å². The molecule has 0 spiro atoms. The number of nitrogens with two attached hydrogens (primary N) is 1. The highest BCUT2D eigenvalue weighted by Crippen LogP contribution is 2.33. The van der Waals surface area contributed by atoms with Crippen molar-refractivity contribution in [3.8, 4) is 0 Å². The predicted octanol–water partition coefficient (Wildman–Crippen LogP) is 1.87. The fourth-order valence-corrected chi connectivity index (χ4v) is 1.57. The van der Waals surface area contributed by atoms with Crippen molar-refractivity contribution >= 4 is 17.4 Å². The summed E-state index contributed by atoms with van der Waals surface area (Å²) in [6.07, 6.45) is 2.17. The number of hydrogen-bond donors (Lipinski definition) is 2. The van der Waals surface area contributed by atoms with Crippen LogP contribution in [0.2, 0.25) is 0 Å². The zero-order valence-electron chi connectivity index (χ0n) is 8.93. The van der Waals surface area contributed by atoms with Crippen LogP contribution in [0.15, 0.2) is 30.3 Å². The molecule has 0 fully saturated rings. The Hall–Kier alpha value is -1.97. The summed E-state index contributed by atoms with van der Waals surface area (Å²) in [6.45, 7) is 1.57. The topological polar surface area (TPSA) is 72.5 Å². The van der Waals surface area contributed by atoms with Crippen molar-refractivity contribution in [2.24, 2.45) is 0 Å². The molecule has 0 saturated heterocycles. The van der Waals surface area contributed by atoms with Crippen molar-refractivity contribution < 1.29 is 14.6 Å². The van der Waals surface area contributed by atoms with Crippen molar-refractivity contribution in [2.75, 3.05) is 5.73 Å². The number of hydrogen-bond acceptors (Lipinski definition) is 3. The number of nitrogen functional groups attached to an aromatic ring is 1. The lowest BCUT2D eigenvalue weighted by atomic mass is 10.0. The number of ether oxygens (including phenoxy) is 1. The smallest absolute Gasteiger partial charge is 0.348 e. The van der Waals surface area contributed by atoms with Crippen molar-refractivity contribution in [1.29, 1.82) is 0 Å². The van der Waals surface area contributed by atoms with Gasteiger partial charge >= 0.3 is 5.97 Å². The van der Waals surface area contributed by atoms with Gasteiger partial charge in [-0.25, -0.2) is 4.79 Å². The molecule has 4 heteroatoms. The maximum atomic E-state index is 11.0. The highest BCUT2D eigenvalue weighted by molar-refractivity contribution is 5.81. The largest absolute Gasteiger partial charge is 0.478 e. The third-order valence-corrected chi connectivity index (χ3v) is 2.66. The van der Waals surface area contributed by atoms with Gasteiger partial charge in [0.2, 0.25) is 5.60 Å². The van der Waals surface area contributed by atoms with E-state index in [-0.39, 0.29) is 0 Å². The summed E-state index contributed by atoms with van der Waals surface area (Å²) in [5, 5.41) is 9.00. The van der Waals surface area contributed by atoms with Gasteiger partial charge in [0.15, 0.2) is 0 Å². The van der Waals surface area contributed by atoms with Crippen LogP contribution < -0.4 is 5.73 Å². The van der Waals surface area contributed by atoms with E-state index in [0.29, 0.717) is 17.9 Å². The minimum absolute atomic E-state index is 0.377. The molecular formula is C12H13NO3. The van der Waals surface area contributed by atoms with E-state index in [0.717, 1.165) is 5.56 Å². The Morgan fingerprint density at radius 3 is 2.56 bits per heavy atom. The molecule has 1 aromatic carbocycles. The monoisotopic (exact) mass is 219 g/mol. The zero-order chi connectivity index (χ0) is 11.8. The molecule has 1 aliphatic heterocycles. The molecule has 16 heavy (non-hydrogen) atoms. The standard InChI is InChI=1S/C12H13NO3/c1-12(11(14)15)7-6-10(16-12)8-2-4-9(13)5-3-8/h2-6H,7,13H2,1H3,(H,14,15). The van der Waals surface area contributed by atoms with Crippen LogP contribution in [0.25, 0.3) is 5.76 Å². The summed E-state index contributed by atoms with van der Waals surface area (Å²) >= 11 is 0. The third-order valence-electron chi connectivity index (χ3n) is 2.66. The van der Waals surface area contributed by atoms with Crippen molar-refractivity contribution in [3.05, 3.63) is 35.9 Å². The predicted molar refractivity (Wildman–Crippen MR) is 60.6 cm³/mol. The molecule has 1 aromatic rings. The number of aliphatic carboxylic acids is 1. The Labute approximate surface area is 93.3 Å². The lowest BCUT2D eigenvalue weighted by Crippen LogP contribution is -2.34. The molecule has 0 bridgehead atoms. The highest BCUT2D eigenvalue weighted by Gasteiger charge is 2.39. The van der Waals surface area contributed by atoms with Gasteiger partial charge < -0.3 is 15.6 Å². The van der Waals surface area contributed by atoms with Gasteiger partial charge in [-0.05, 0) is 37.3 Å². The lowest BCUT2D eigenvalue weighted by Gasteiger charge is -2.20. The van der Waals surface area contributed by atoms with Gasteiger partial charge in [-0.2, -0.15) is 0 Å². The maximum Gasteiger partial charge on any atom is 0.348 e. The summed E-state index contributed by atoms with van der Waals surface area (Å²) in [4.78, 5) is 11.0. The quantitative estimate of drug-likeness (QED) is 0.745. The van der Waals surface area contributed by atoms with Crippen LogP contribution in [0.1, 0.15) is 18.9 Å². The van der Waals surface area contributed by atoms with Gasteiger partial charge in [0.05, 0.1) is 0 Å². The number of rotatable bonds is 2. The molecule has 0 aliphatic carbocycles. The molecule has 0 saturated carbocycles. The van der Waals surface area contributed by atoms with Crippen LogP contribution in [0.3, 0.4) is 0 Å². The SMILES string of the molecule is CC1(C(=O)O)CC=C(c2ccc(N)cc2)O1. The normalized spacial score (nSPS) is 23.7. The Kier molecular flexibility index (Phi) is 2.34. The molecule has 0 aromatic heterocycles. The fraction of sp³-hybridized carbons (Fsp3) is 0.250. The minimum atomic E-state index is -1.14. The first-order valence-electron chi connectivity index (χ1n) is 5.00. The van der Waals surface area contributed by atoms with Crippen LogP contribution >= 0.6 is 0 Å². The van der Waals surface area contributed by atoms with Gasteiger partial charge in [0, 0.05) is 17.7 Å². The number of carboxylic acid groups (broad SMARTS) is 1. The summed E-state index contributed by atoms with van der Waals surface area (Å²) in [5.41, 5.74) is 5.95. The number of benzene rings is 1. The Balaban J connectivity index is 2.20. The van der Waals surface area contributed by atoms with E-state index in [1.807, 2.05) is 12.1 Å². The minimum Gasteiger partial charge on any atom is -0.478 e. The molecule has 84 valence electrons. The molecule has 0 amide bonds. The Bertz CT molecular complexity index is 450. The summed E-state index contributed by atoms with van der Waals surface area (Å²) < 4.78 is 5.46. The average molecular weight is 219 g/mol. The summed E-state index contributed by atoms with van der Waals surface area (Å²) in [6, 6.07) is 7.15. The molecule has 1 atom stereocenters. The second kappa shape index (κ2) is 3.56. The van der Waals surface area contributed by atoms with Crippen molar-refractivity contribution in [3.63, 3.8) is 0 Å². The second-order valence-corrected chi connectivity index (χ2v) is 4.03. The van der Waals surface area contributed by atoms with E-state index >= 15 is 0 Å². The first-order valence-corrected chi connectivity index (χ1v) is 5.00. The Morgan fingerprint density at radius 2 is 2.06 bits per heavy atom. The van der Waals surface area contributed by atoms with E-state index in [4.69, 9.17) is 15.6 Å². The molecule has 3 N–H and O–H groups in total. The van der Waals surface area contributed by atoms with E-state index in [9.17, 15) is 4.79 Å². The first-order chi connectivity index (χ1) is 7.51. The Morgan fingerprint density at radius 1 is 1.44 bits per heavy atom. The van der Waals surface area contributed by atoms with Gasteiger partial charge in [0.1, 0.15) is 5.76 Å². The van der Waals surface area contributed by atoms with E-state index in [2.05, 4.69) is 0 Å². The molecule has 1 heterocycles. The average Bonchev–Trinajstić information content (AvgIpc) is 2.63. The summed E-state index contributed by atoms with van der Waals surface area (Å²) in [7, 11) is 0. The molecule has 0 radical (unpaired) electrons. The number of carbonyl (C=O) groups is 1. The fourth-order valence-electron chi connectivity index (χ4n) is 1.57. The van der Waals surface area contributed by atoms with Crippen LogP contribution in [-0.4, -0.2) is 16.7 Å². The van der Waals surface area contributed by atoms with Crippen LogP contribution in [0.5, 0.6) is 0 Å². The highest BCUT2D eigenvalue weighted by atomic mass is 16.5. The maximum absolute atomic E-state index is 11.0. The van der Waals surface area contributed by atoms with Crippen LogP contribution in [0, 0.1) is 0 Å². The number of anilines is 1. The van der Waals surface area contributed by atoms with E-state index in [1.54, 1.807) is 25.1 Å². The van der Waals surface area contributed by atoms with Crippen molar-refractivity contribution in [1.82, 2.24) is 0 Å². The lowest BCUT2D eigenvalue weighted by molar-refractivity contribution is -0.154. The van der Waals surface area contributed by atoms with Crippen molar-refractivity contribution in [2.45, 2.75) is 18.9 Å². The van der Waals surface area contributed by atoms with Crippen LogP contribution in [-0.2, 0) is 9.53 Å². The van der Waals surface area contributed by atoms with Gasteiger partial charge in [-0.15, -0.1) is 0 Å². The van der Waals surface area contributed by atoms with E-state index in [1.165, 1.54) is 0 Å². The van der Waals surface area contributed by atoms with Gasteiger partial charge in [-0.1, -0.05) is 0 Å². The second-order valence-electron chi connectivity index (χ2n) is 4.03. The zero-order valence-corrected chi connectivity index (χ0v) is 8.93. The third kappa shape index (κ3) is 1.74. The summed E-state index contributed by atoms with van der Waals surface area (Å²) in [5.74, 6) is -0.348.